The Balaban J connectivity index is 2.83. The normalized spacial score (nSPS) is 10.3. The highest BCUT2D eigenvalue weighted by Gasteiger charge is 2.01. The first-order valence-corrected chi connectivity index (χ1v) is 4.49. The van der Waals surface area contributed by atoms with Gasteiger partial charge in [-0.2, -0.15) is 0 Å². The predicted octanol–water partition coefficient (Wildman–Crippen LogP) is 0.395. The lowest BCUT2D eigenvalue weighted by atomic mass is 10.0. The molecule has 0 amide bonds. The molecular weight excluding hydrogens is 164 g/mol. The summed E-state index contributed by atoms with van der Waals surface area (Å²) in [5, 5.41) is 9.45. The zero-order valence-corrected chi connectivity index (χ0v) is 7.66. The number of phenols is 1. The topological polar surface area (TPSA) is 72.3 Å². The molecule has 1 rings (SSSR count). The third-order valence-electron chi connectivity index (χ3n) is 1.99. The van der Waals surface area contributed by atoms with E-state index in [0.29, 0.717) is 25.3 Å². The van der Waals surface area contributed by atoms with Crippen LogP contribution in [-0.4, -0.2) is 18.2 Å². The fourth-order valence-corrected chi connectivity index (χ4v) is 1.32. The van der Waals surface area contributed by atoms with Gasteiger partial charge in [-0.3, -0.25) is 0 Å². The second-order valence-corrected chi connectivity index (χ2v) is 3.04. The minimum absolute atomic E-state index is 0.325. The molecule has 0 fully saturated rings. The summed E-state index contributed by atoms with van der Waals surface area (Å²) in [4.78, 5) is 0. The van der Waals surface area contributed by atoms with Crippen molar-refractivity contribution in [3.05, 3.63) is 29.3 Å². The Kier molecular flexibility index (Phi) is 3.73. The van der Waals surface area contributed by atoms with E-state index in [-0.39, 0.29) is 0 Å². The van der Waals surface area contributed by atoms with Gasteiger partial charge in [0.05, 0.1) is 0 Å². The molecule has 0 aliphatic carbocycles. The van der Waals surface area contributed by atoms with Crippen LogP contribution >= 0.6 is 0 Å². The van der Waals surface area contributed by atoms with Gasteiger partial charge >= 0.3 is 0 Å². The Labute approximate surface area is 78.4 Å². The standard InChI is InChI=1S/C10H16N2O/c11-5-3-8-1-2-10(13)9(7-8)4-6-12/h1-2,7,13H,3-6,11-12H2. The summed E-state index contributed by atoms with van der Waals surface area (Å²) in [6.45, 7) is 1.19. The van der Waals surface area contributed by atoms with Crippen molar-refractivity contribution in [3.63, 3.8) is 0 Å². The SMILES string of the molecule is NCCc1ccc(O)c(CCN)c1. The largest absolute Gasteiger partial charge is 0.508 e. The number of rotatable bonds is 4. The summed E-state index contributed by atoms with van der Waals surface area (Å²) in [7, 11) is 0. The molecule has 0 spiro atoms. The van der Waals surface area contributed by atoms with Crippen molar-refractivity contribution in [1.82, 2.24) is 0 Å². The molecule has 5 N–H and O–H groups in total. The summed E-state index contributed by atoms with van der Waals surface area (Å²) < 4.78 is 0. The number of phenolic OH excluding ortho intramolecular Hbond substituents is 1. The lowest BCUT2D eigenvalue weighted by Gasteiger charge is -2.05. The van der Waals surface area contributed by atoms with Crippen molar-refractivity contribution >= 4 is 0 Å². The summed E-state index contributed by atoms with van der Waals surface area (Å²) in [5.41, 5.74) is 12.9. The summed E-state index contributed by atoms with van der Waals surface area (Å²) in [5.74, 6) is 0.325. The van der Waals surface area contributed by atoms with Gasteiger partial charge in [0.15, 0.2) is 0 Å². The van der Waals surface area contributed by atoms with Gasteiger partial charge in [-0.15, -0.1) is 0 Å². The maximum atomic E-state index is 9.45. The van der Waals surface area contributed by atoms with Gasteiger partial charge in [0, 0.05) is 0 Å². The minimum Gasteiger partial charge on any atom is -0.508 e. The van der Waals surface area contributed by atoms with E-state index in [1.165, 1.54) is 0 Å². The summed E-state index contributed by atoms with van der Waals surface area (Å²) in [6.07, 6.45) is 1.56. The lowest BCUT2D eigenvalue weighted by molar-refractivity contribution is 0.468. The molecule has 72 valence electrons. The van der Waals surface area contributed by atoms with Gasteiger partial charge in [-0.1, -0.05) is 12.1 Å². The zero-order valence-electron chi connectivity index (χ0n) is 7.66. The fourth-order valence-electron chi connectivity index (χ4n) is 1.32. The first-order valence-electron chi connectivity index (χ1n) is 4.49. The molecule has 1 aromatic carbocycles. The summed E-state index contributed by atoms with van der Waals surface area (Å²) >= 11 is 0. The van der Waals surface area contributed by atoms with E-state index < -0.39 is 0 Å². The van der Waals surface area contributed by atoms with Crippen LogP contribution in [0.2, 0.25) is 0 Å². The molecule has 0 saturated carbocycles. The van der Waals surface area contributed by atoms with Crippen LogP contribution in [-0.2, 0) is 12.8 Å². The summed E-state index contributed by atoms with van der Waals surface area (Å²) in [6, 6.07) is 5.56. The maximum absolute atomic E-state index is 9.45. The van der Waals surface area contributed by atoms with Crippen molar-refractivity contribution in [2.24, 2.45) is 11.5 Å². The average molecular weight is 180 g/mol. The van der Waals surface area contributed by atoms with Crippen molar-refractivity contribution < 1.29 is 5.11 Å². The first-order chi connectivity index (χ1) is 6.27. The number of hydrogen-bond acceptors (Lipinski definition) is 3. The second kappa shape index (κ2) is 4.84. The molecule has 0 atom stereocenters. The molecule has 0 radical (unpaired) electrons. The zero-order chi connectivity index (χ0) is 9.68. The van der Waals surface area contributed by atoms with Gasteiger partial charge in [0.1, 0.15) is 5.75 Å². The van der Waals surface area contributed by atoms with Gasteiger partial charge in [0.2, 0.25) is 0 Å². The molecule has 0 heterocycles. The molecule has 13 heavy (non-hydrogen) atoms. The molecule has 0 aromatic heterocycles. The Morgan fingerprint density at radius 3 is 2.38 bits per heavy atom. The van der Waals surface area contributed by atoms with Crippen LogP contribution in [0.3, 0.4) is 0 Å². The van der Waals surface area contributed by atoms with Gasteiger partial charge in [-0.25, -0.2) is 0 Å². The van der Waals surface area contributed by atoms with Crippen LogP contribution in [0.15, 0.2) is 18.2 Å². The number of hydrogen-bond donors (Lipinski definition) is 3. The highest BCUT2D eigenvalue weighted by molar-refractivity contribution is 5.36. The fraction of sp³-hybridized carbons (Fsp3) is 0.400. The maximum Gasteiger partial charge on any atom is 0.118 e. The molecule has 0 saturated heterocycles. The lowest BCUT2D eigenvalue weighted by Crippen LogP contribution is -2.05. The van der Waals surface area contributed by atoms with E-state index in [4.69, 9.17) is 11.5 Å². The van der Waals surface area contributed by atoms with Gasteiger partial charge in [0.25, 0.3) is 0 Å². The number of aromatic hydroxyl groups is 1. The van der Waals surface area contributed by atoms with E-state index in [0.717, 1.165) is 17.5 Å². The van der Waals surface area contributed by atoms with Crippen molar-refractivity contribution in [2.75, 3.05) is 13.1 Å². The van der Waals surface area contributed by atoms with E-state index in [1.807, 2.05) is 12.1 Å². The van der Waals surface area contributed by atoms with E-state index in [2.05, 4.69) is 0 Å². The molecule has 1 aromatic rings. The molecule has 0 unspecified atom stereocenters. The minimum atomic E-state index is 0.325. The highest BCUT2D eigenvalue weighted by Crippen LogP contribution is 2.18. The van der Waals surface area contributed by atoms with Crippen LogP contribution < -0.4 is 11.5 Å². The van der Waals surface area contributed by atoms with Gasteiger partial charge in [-0.05, 0) is 43.1 Å². The third-order valence-corrected chi connectivity index (χ3v) is 1.99. The van der Waals surface area contributed by atoms with Crippen LogP contribution in [0.5, 0.6) is 5.75 Å². The van der Waals surface area contributed by atoms with Crippen LogP contribution in [0.25, 0.3) is 0 Å². The van der Waals surface area contributed by atoms with E-state index in [9.17, 15) is 5.11 Å². The van der Waals surface area contributed by atoms with Crippen molar-refractivity contribution in [2.45, 2.75) is 12.8 Å². The predicted molar refractivity (Wildman–Crippen MR) is 53.6 cm³/mol. The number of nitrogens with two attached hydrogens (primary N) is 2. The van der Waals surface area contributed by atoms with Crippen molar-refractivity contribution in [1.29, 1.82) is 0 Å². The Bertz CT molecular complexity index is 274. The van der Waals surface area contributed by atoms with E-state index >= 15 is 0 Å². The van der Waals surface area contributed by atoms with Crippen LogP contribution in [0.1, 0.15) is 11.1 Å². The van der Waals surface area contributed by atoms with Crippen LogP contribution in [0, 0.1) is 0 Å². The first kappa shape index (κ1) is 10.0. The molecule has 0 aliphatic rings. The van der Waals surface area contributed by atoms with Crippen molar-refractivity contribution in [3.8, 4) is 5.75 Å². The average Bonchev–Trinajstić information content (AvgIpc) is 2.12. The smallest absolute Gasteiger partial charge is 0.118 e. The molecule has 0 bridgehead atoms. The molecule has 3 nitrogen and oxygen atoms in total. The monoisotopic (exact) mass is 180 g/mol. The Morgan fingerprint density at radius 2 is 1.77 bits per heavy atom. The second-order valence-electron chi connectivity index (χ2n) is 3.04. The number of benzene rings is 1. The quantitative estimate of drug-likeness (QED) is 0.627. The highest BCUT2D eigenvalue weighted by atomic mass is 16.3. The van der Waals surface area contributed by atoms with E-state index in [1.54, 1.807) is 6.07 Å². The molecule has 0 aliphatic heterocycles. The van der Waals surface area contributed by atoms with Gasteiger partial charge < -0.3 is 16.6 Å². The Morgan fingerprint density at radius 1 is 1.08 bits per heavy atom. The molecular formula is C10H16N2O. The third kappa shape index (κ3) is 2.72. The molecule has 3 heteroatoms. The Hall–Kier alpha value is -1.06. The van der Waals surface area contributed by atoms with Crippen LogP contribution in [0.4, 0.5) is 0 Å².